The summed E-state index contributed by atoms with van der Waals surface area (Å²) in [5.41, 5.74) is 3.69. The smallest absolute Gasteiger partial charge is 0.230 e. The molecule has 0 radical (unpaired) electrons. The van der Waals surface area contributed by atoms with E-state index < -0.39 is 0 Å². The maximum Gasteiger partial charge on any atom is 0.230 e. The molecule has 126 valence electrons. The number of hydrogen-bond donors (Lipinski definition) is 2. The van der Waals surface area contributed by atoms with Crippen LogP contribution < -0.4 is 10.6 Å². The second-order valence-corrected chi connectivity index (χ2v) is 6.29. The molecule has 6 heteroatoms. The lowest BCUT2D eigenvalue weighted by molar-refractivity contribution is -0.116. The molecule has 2 aromatic rings. The van der Waals surface area contributed by atoms with Gasteiger partial charge in [0.25, 0.3) is 0 Å². The number of nitrogens with one attached hydrogen (secondary N) is 2. The third kappa shape index (κ3) is 3.74. The molecule has 2 N–H and O–H groups in total. The van der Waals surface area contributed by atoms with Crippen LogP contribution in [0.5, 0.6) is 0 Å². The molecular weight excluding hydrogens is 324 g/mol. The fourth-order valence-electron chi connectivity index (χ4n) is 2.80. The van der Waals surface area contributed by atoms with E-state index in [0.717, 1.165) is 48.3 Å². The van der Waals surface area contributed by atoms with Gasteiger partial charge in [0.05, 0.1) is 11.4 Å². The van der Waals surface area contributed by atoms with Gasteiger partial charge in [-0.3, -0.25) is 10.1 Å². The number of anilines is 1. The quantitative estimate of drug-likeness (QED) is 0.870. The lowest BCUT2D eigenvalue weighted by atomic mass is 10.0. The van der Waals surface area contributed by atoms with Gasteiger partial charge in [-0.1, -0.05) is 43.1 Å². The number of hydrogen-bond acceptors (Lipinski definition) is 4. The van der Waals surface area contributed by atoms with Crippen molar-refractivity contribution in [3.63, 3.8) is 0 Å². The summed E-state index contributed by atoms with van der Waals surface area (Å²) in [5, 5.41) is 6.83. The highest BCUT2D eigenvalue weighted by molar-refractivity contribution is 6.33. The summed E-state index contributed by atoms with van der Waals surface area (Å²) in [7, 11) is 0. The second-order valence-electron chi connectivity index (χ2n) is 5.88. The third-order valence-corrected chi connectivity index (χ3v) is 4.40. The minimum Gasteiger partial charge on any atom is -0.312 e. The number of amides is 1. The summed E-state index contributed by atoms with van der Waals surface area (Å²) in [5.74, 6) is 0.322. The minimum absolute atomic E-state index is 0.0455. The molecule has 1 amide bonds. The predicted molar refractivity (Wildman–Crippen MR) is 96.0 cm³/mol. The van der Waals surface area contributed by atoms with E-state index in [1.807, 2.05) is 24.3 Å². The number of benzene rings is 1. The summed E-state index contributed by atoms with van der Waals surface area (Å²) in [4.78, 5) is 21.2. The number of carbonyl (C=O) groups is 1. The van der Waals surface area contributed by atoms with Gasteiger partial charge < -0.3 is 5.32 Å². The topological polar surface area (TPSA) is 66.9 Å². The van der Waals surface area contributed by atoms with E-state index in [-0.39, 0.29) is 5.91 Å². The summed E-state index contributed by atoms with van der Waals surface area (Å²) in [6.45, 7) is 3.64. The minimum atomic E-state index is -0.0455. The maximum absolute atomic E-state index is 12.0. The number of rotatable bonds is 5. The SMILES string of the molecule is CCCCC(=O)Nc1nc2c(c(-c3ccccc3Cl)n1)CNCC2. The Balaban J connectivity index is 1.99. The zero-order valence-electron chi connectivity index (χ0n) is 13.7. The zero-order chi connectivity index (χ0) is 16.9. The molecule has 24 heavy (non-hydrogen) atoms. The highest BCUT2D eigenvalue weighted by atomic mass is 35.5. The Kier molecular flexibility index (Phi) is 5.43. The Bertz CT molecular complexity index is 748. The highest BCUT2D eigenvalue weighted by Gasteiger charge is 2.20. The van der Waals surface area contributed by atoms with Crippen molar-refractivity contribution in [1.82, 2.24) is 15.3 Å². The van der Waals surface area contributed by atoms with Gasteiger partial charge in [-0.2, -0.15) is 0 Å². The predicted octanol–water partition coefficient (Wildman–Crippen LogP) is 3.57. The van der Waals surface area contributed by atoms with Gasteiger partial charge in [-0.05, 0) is 12.5 Å². The largest absolute Gasteiger partial charge is 0.312 e. The van der Waals surface area contributed by atoms with Crippen LogP contribution in [0.25, 0.3) is 11.3 Å². The maximum atomic E-state index is 12.0. The number of carbonyl (C=O) groups excluding carboxylic acids is 1. The average molecular weight is 345 g/mol. The standard InChI is InChI=1S/C18H21ClN4O/c1-2-3-8-16(24)22-18-21-15-9-10-20-11-13(15)17(23-18)12-6-4-5-7-14(12)19/h4-7,20H,2-3,8-11H2,1H3,(H,21,22,23,24). The molecule has 0 spiro atoms. The molecule has 0 unspecified atom stereocenters. The summed E-state index contributed by atoms with van der Waals surface area (Å²) in [6.07, 6.45) is 3.14. The van der Waals surface area contributed by atoms with Crippen LogP contribution in [0.2, 0.25) is 5.02 Å². The molecule has 2 heterocycles. The second kappa shape index (κ2) is 7.73. The van der Waals surface area contributed by atoms with Gasteiger partial charge in [0.15, 0.2) is 0 Å². The Labute approximate surface area is 146 Å². The lowest BCUT2D eigenvalue weighted by Gasteiger charge is -2.20. The first-order valence-corrected chi connectivity index (χ1v) is 8.72. The summed E-state index contributed by atoms with van der Waals surface area (Å²) in [6, 6.07) is 7.63. The summed E-state index contributed by atoms with van der Waals surface area (Å²) >= 11 is 6.36. The van der Waals surface area contributed by atoms with Crippen molar-refractivity contribution in [3.05, 3.63) is 40.5 Å². The van der Waals surface area contributed by atoms with Crippen LogP contribution in [-0.4, -0.2) is 22.4 Å². The number of unbranched alkanes of at least 4 members (excludes halogenated alkanes) is 1. The van der Waals surface area contributed by atoms with Crippen LogP contribution in [0.15, 0.2) is 24.3 Å². The van der Waals surface area contributed by atoms with E-state index in [2.05, 4.69) is 27.5 Å². The van der Waals surface area contributed by atoms with Crippen LogP contribution in [0.3, 0.4) is 0 Å². The fraction of sp³-hybridized carbons (Fsp3) is 0.389. The van der Waals surface area contributed by atoms with Crippen LogP contribution in [-0.2, 0) is 17.8 Å². The number of aromatic nitrogens is 2. The molecular formula is C18H21ClN4O. The van der Waals surface area contributed by atoms with Crippen LogP contribution >= 0.6 is 11.6 Å². The molecule has 0 aliphatic carbocycles. The van der Waals surface area contributed by atoms with Gasteiger partial charge in [-0.25, -0.2) is 9.97 Å². The molecule has 0 saturated carbocycles. The normalized spacial score (nSPS) is 13.4. The molecule has 0 bridgehead atoms. The van der Waals surface area contributed by atoms with E-state index in [9.17, 15) is 4.79 Å². The van der Waals surface area contributed by atoms with Crippen molar-refractivity contribution in [2.75, 3.05) is 11.9 Å². The molecule has 1 aromatic carbocycles. The molecule has 5 nitrogen and oxygen atoms in total. The van der Waals surface area contributed by atoms with E-state index in [1.54, 1.807) is 0 Å². The highest BCUT2D eigenvalue weighted by Crippen LogP contribution is 2.31. The lowest BCUT2D eigenvalue weighted by Crippen LogP contribution is -2.27. The van der Waals surface area contributed by atoms with Crippen molar-refractivity contribution in [1.29, 1.82) is 0 Å². The van der Waals surface area contributed by atoms with Crippen molar-refractivity contribution >= 4 is 23.5 Å². The van der Waals surface area contributed by atoms with E-state index in [4.69, 9.17) is 11.6 Å². The van der Waals surface area contributed by atoms with E-state index in [0.29, 0.717) is 23.9 Å². The Morgan fingerprint density at radius 1 is 1.33 bits per heavy atom. The Morgan fingerprint density at radius 3 is 2.96 bits per heavy atom. The first-order chi connectivity index (χ1) is 11.7. The number of fused-ring (bicyclic) bond motifs is 1. The first kappa shape index (κ1) is 16.9. The van der Waals surface area contributed by atoms with Gasteiger partial charge in [0, 0.05) is 42.1 Å². The molecule has 0 saturated heterocycles. The molecule has 0 fully saturated rings. The monoisotopic (exact) mass is 344 g/mol. The summed E-state index contributed by atoms with van der Waals surface area (Å²) < 4.78 is 0. The van der Waals surface area contributed by atoms with Crippen molar-refractivity contribution in [2.45, 2.75) is 39.2 Å². The number of halogens is 1. The number of nitrogens with zero attached hydrogens (tertiary/aromatic N) is 2. The van der Waals surface area contributed by atoms with E-state index in [1.165, 1.54) is 0 Å². The Morgan fingerprint density at radius 2 is 2.17 bits per heavy atom. The third-order valence-electron chi connectivity index (χ3n) is 4.07. The van der Waals surface area contributed by atoms with Crippen LogP contribution in [0.1, 0.15) is 37.4 Å². The van der Waals surface area contributed by atoms with Gasteiger partial charge in [0.1, 0.15) is 0 Å². The van der Waals surface area contributed by atoms with Crippen LogP contribution in [0.4, 0.5) is 5.95 Å². The average Bonchev–Trinajstić information content (AvgIpc) is 2.60. The van der Waals surface area contributed by atoms with Gasteiger partial charge in [0.2, 0.25) is 11.9 Å². The van der Waals surface area contributed by atoms with Crippen LogP contribution in [0, 0.1) is 0 Å². The fourth-order valence-corrected chi connectivity index (χ4v) is 3.02. The van der Waals surface area contributed by atoms with Crippen molar-refractivity contribution in [3.8, 4) is 11.3 Å². The molecule has 1 aliphatic rings. The van der Waals surface area contributed by atoms with Crippen molar-refractivity contribution < 1.29 is 4.79 Å². The van der Waals surface area contributed by atoms with Gasteiger partial charge >= 0.3 is 0 Å². The zero-order valence-corrected chi connectivity index (χ0v) is 14.5. The Hall–Kier alpha value is -1.98. The molecule has 1 aromatic heterocycles. The van der Waals surface area contributed by atoms with E-state index >= 15 is 0 Å². The van der Waals surface area contributed by atoms with Gasteiger partial charge in [-0.15, -0.1) is 0 Å². The van der Waals surface area contributed by atoms with Crippen molar-refractivity contribution in [2.24, 2.45) is 0 Å². The molecule has 1 aliphatic heterocycles. The molecule has 3 rings (SSSR count). The molecule has 0 atom stereocenters. The first-order valence-electron chi connectivity index (χ1n) is 8.34.